The summed E-state index contributed by atoms with van der Waals surface area (Å²) in [4.78, 5) is 28.7. The second-order valence-corrected chi connectivity index (χ2v) is 7.12. The number of carbonyl (C=O) groups excluding carboxylic acids is 1. The summed E-state index contributed by atoms with van der Waals surface area (Å²) >= 11 is 3.20. The van der Waals surface area contributed by atoms with E-state index in [9.17, 15) is 14.7 Å². The number of aliphatic hydroxyl groups is 1. The Kier molecular flexibility index (Phi) is 5.60. The quantitative estimate of drug-likeness (QED) is 0.760. The van der Waals surface area contributed by atoms with E-state index in [2.05, 4.69) is 4.98 Å². The molecule has 1 saturated heterocycles. The van der Waals surface area contributed by atoms with Crippen LogP contribution in [0.15, 0.2) is 5.38 Å². The van der Waals surface area contributed by atoms with Crippen LogP contribution in [-0.2, 0) is 15.3 Å². The number of aliphatic hydroxyl groups excluding tert-OH is 1. The van der Waals surface area contributed by atoms with Crippen molar-refractivity contribution in [2.24, 2.45) is 0 Å². The standard InChI is InChI=1S/C13H18N2O4S2/c1-8-14-9(7-21-8)6-20-3-2-12(17)15-5-10(16)4-11(15)13(18)19/h7,10-11,16H,2-6H2,1H3,(H,18,19)/t10?,11-/m0/s1. The van der Waals surface area contributed by atoms with Gasteiger partial charge in [0.15, 0.2) is 0 Å². The van der Waals surface area contributed by atoms with E-state index in [0.29, 0.717) is 5.75 Å². The first-order valence-electron chi connectivity index (χ1n) is 6.66. The molecule has 2 atom stereocenters. The topological polar surface area (TPSA) is 90.7 Å². The van der Waals surface area contributed by atoms with E-state index >= 15 is 0 Å². The summed E-state index contributed by atoms with van der Waals surface area (Å²) < 4.78 is 0. The summed E-state index contributed by atoms with van der Waals surface area (Å²) in [6.07, 6.45) is -0.336. The van der Waals surface area contributed by atoms with Gasteiger partial charge in [-0.25, -0.2) is 9.78 Å². The van der Waals surface area contributed by atoms with Crippen molar-refractivity contribution in [3.8, 4) is 0 Å². The normalized spacial score (nSPS) is 21.7. The maximum atomic E-state index is 12.0. The Bertz CT molecular complexity index is 520. The van der Waals surface area contributed by atoms with Crippen molar-refractivity contribution in [3.63, 3.8) is 0 Å². The maximum absolute atomic E-state index is 12.0. The third-order valence-corrected chi connectivity index (χ3v) is 5.08. The van der Waals surface area contributed by atoms with Crippen molar-refractivity contribution in [2.45, 2.75) is 37.7 Å². The van der Waals surface area contributed by atoms with E-state index in [1.54, 1.807) is 23.1 Å². The highest BCUT2D eigenvalue weighted by Gasteiger charge is 2.38. The molecule has 1 aliphatic heterocycles. The van der Waals surface area contributed by atoms with Crippen molar-refractivity contribution < 1.29 is 19.8 Å². The fourth-order valence-corrected chi connectivity index (χ4v) is 3.82. The van der Waals surface area contributed by atoms with Gasteiger partial charge in [0.25, 0.3) is 0 Å². The second kappa shape index (κ2) is 7.24. The van der Waals surface area contributed by atoms with Gasteiger partial charge in [-0.15, -0.1) is 11.3 Å². The van der Waals surface area contributed by atoms with Crippen LogP contribution in [-0.4, -0.2) is 56.4 Å². The van der Waals surface area contributed by atoms with Gasteiger partial charge in [-0.1, -0.05) is 0 Å². The van der Waals surface area contributed by atoms with Crippen LogP contribution in [0, 0.1) is 6.92 Å². The Morgan fingerprint density at radius 1 is 1.57 bits per heavy atom. The number of carboxylic acids is 1. The summed E-state index contributed by atoms with van der Waals surface area (Å²) in [6, 6.07) is -0.890. The molecule has 1 fully saturated rings. The third-order valence-electron chi connectivity index (χ3n) is 3.26. The van der Waals surface area contributed by atoms with E-state index < -0.39 is 18.1 Å². The lowest BCUT2D eigenvalue weighted by atomic mass is 10.2. The molecule has 0 bridgehead atoms. The number of aliphatic carboxylic acids is 1. The SMILES string of the molecule is Cc1nc(CSCCC(=O)N2CC(O)C[C@H]2C(=O)O)cs1. The van der Waals surface area contributed by atoms with Crippen molar-refractivity contribution >= 4 is 35.0 Å². The van der Waals surface area contributed by atoms with E-state index in [-0.39, 0.29) is 25.3 Å². The van der Waals surface area contributed by atoms with Crippen molar-refractivity contribution in [1.82, 2.24) is 9.88 Å². The van der Waals surface area contributed by atoms with Crippen molar-refractivity contribution in [1.29, 1.82) is 0 Å². The molecule has 2 N–H and O–H groups in total. The monoisotopic (exact) mass is 330 g/mol. The number of rotatable bonds is 6. The van der Waals surface area contributed by atoms with Crippen LogP contribution in [0.4, 0.5) is 0 Å². The average molecular weight is 330 g/mol. The maximum Gasteiger partial charge on any atom is 0.326 e. The number of thioether (sulfide) groups is 1. The second-order valence-electron chi connectivity index (χ2n) is 4.95. The molecule has 0 radical (unpaired) electrons. The zero-order chi connectivity index (χ0) is 15.4. The van der Waals surface area contributed by atoms with Gasteiger partial charge in [0.05, 0.1) is 16.8 Å². The lowest BCUT2D eigenvalue weighted by Gasteiger charge is -2.20. The van der Waals surface area contributed by atoms with Crippen LogP contribution in [0.2, 0.25) is 0 Å². The fraction of sp³-hybridized carbons (Fsp3) is 0.615. The molecule has 6 nitrogen and oxygen atoms in total. The average Bonchev–Trinajstić information content (AvgIpc) is 3.00. The summed E-state index contributed by atoms with van der Waals surface area (Å²) in [6.45, 7) is 2.07. The van der Waals surface area contributed by atoms with E-state index in [1.807, 2.05) is 12.3 Å². The summed E-state index contributed by atoms with van der Waals surface area (Å²) in [7, 11) is 0. The van der Waals surface area contributed by atoms with Crippen LogP contribution in [0.1, 0.15) is 23.5 Å². The molecule has 2 heterocycles. The van der Waals surface area contributed by atoms with Crippen LogP contribution >= 0.6 is 23.1 Å². The van der Waals surface area contributed by atoms with Crippen molar-refractivity contribution in [2.75, 3.05) is 12.3 Å². The van der Waals surface area contributed by atoms with E-state index in [4.69, 9.17) is 5.11 Å². The number of β-amino-alcohol motifs (C(OH)–C–C–N with tert-alkyl or cyclic N) is 1. The predicted molar refractivity (Wildman–Crippen MR) is 81.4 cm³/mol. The Morgan fingerprint density at radius 3 is 2.95 bits per heavy atom. The smallest absolute Gasteiger partial charge is 0.326 e. The van der Waals surface area contributed by atoms with Gasteiger partial charge in [-0.05, 0) is 6.92 Å². The Labute approximate surface area is 131 Å². The van der Waals surface area contributed by atoms with Gasteiger partial charge in [0.2, 0.25) is 5.91 Å². The highest BCUT2D eigenvalue weighted by molar-refractivity contribution is 7.98. The van der Waals surface area contributed by atoms with Crippen LogP contribution in [0.3, 0.4) is 0 Å². The van der Waals surface area contributed by atoms with Gasteiger partial charge in [-0.2, -0.15) is 11.8 Å². The van der Waals surface area contributed by atoms with Gasteiger partial charge in [-0.3, -0.25) is 4.79 Å². The summed E-state index contributed by atoms with van der Waals surface area (Å²) in [5.41, 5.74) is 1.01. The molecule has 1 unspecified atom stereocenters. The molecule has 0 aromatic carbocycles. The molecule has 0 aliphatic carbocycles. The molecule has 0 saturated carbocycles. The molecule has 1 amide bonds. The van der Waals surface area contributed by atoms with E-state index in [0.717, 1.165) is 16.5 Å². The number of aryl methyl sites for hydroxylation is 1. The number of amides is 1. The Hall–Kier alpha value is -1.12. The largest absolute Gasteiger partial charge is 0.480 e. The number of thiazole rings is 1. The highest BCUT2D eigenvalue weighted by Crippen LogP contribution is 2.21. The van der Waals surface area contributed by atoms with E-state index in [1.165, 1.54) is 4.90 Å². The third kappa shape index (κ3) is 4.42. The molecule has 8 heteroatoms. The number of carboxylic acid groups (broad SMARTS) is 1. The number of hydrogen-bond donors (Lipinski definition) is 2. The number of aromatic nitrogens is 1. The Morgan fingerprint density at radius 2 is 2.33 bits per heavy atom. The zero-order valence-electron chi connectivity index (χ0n) is 11.7. The minimum atomic E-state index is -1.05. The van der Waals surface area contributed by atoms with Gasteiger partial charge >= 0.3 is 5.97 Å². The van der Waals surface area contributed by atoms with Gasteiger partial charge in [0.1, 0.15) is 6.04 Å². The molecule has 116 valence electrons. The molecule has 21 heavy (non-hydrogen) atoms. The van der Waals surface area contributed by atoms with Crippen LogP contribution in [0.25, 0.3) is 0 Å². The Balaban J connectivity index is 1.75. The number of nitrogens with zero attached hydrogens (tertiary/aromatic N) is 2. The molecule has 1 aliphatic rings. The van der Waals surface area contributed by atoms with Crippen LogP contribution in [0.5, 0.6) is 0 Å². The first-order chi connectivity index (χ1) is 9.97. The van der Waals surface area contributed by atoms with Gasteiger partial charge in [0, 0.05) is 36.3 Å². The summed E-state index contributed by atoms with van der Waals surface area (Å²) in [5, 5.41) is 21.6. The molecular weight excluding hydrogens is 312 g/mol. The number of hydrogen-bond acceptors (Lipinski definition) is 6. The number of carbonyl (C=O) groups is 2. The highest BCUT2D eigenvalue weighted by atomic mass is 32.2. The fourth-order valence-electron chi connectivity index (χ4n) is 2.28. The molecule has 0 spiro atoms. The number of likely N-dealkylation sites (tertiary alicyclic amines) is 1. The molecule has 1 aromatic heterocycles. The molecule has 1 aromatic rings. The van der Waals surface area contributed by atoms with Crippen LogP contribution < -0.4 is 0 Å². The predicted octanol–water partition coefficient (Wildman–Crippen LogP) is 1.12. The lowest BCUT2D eigenvalue weighted by molar-refractivity contribution is -0.148. The van der Waals surface area contributed by atoms with Gasteiger partial charge < -0.3 is 15.1 Å². The zero-order valence-corrected chi connectivity index (χ0v) is 13.3. The molecule has 2 rings (SSSR count). The first kappa shape index (κ1) is 16.3. The lowest BCUT2D eigenvalue weighted by Crippen LogP contribution is -2.40. The summed E-state index contributed by atoms with van der Waals surface area (Å²) in [5.74, 6) is 0.114. The first-order valence-corrected chi connectivity index (χ1v) is 8.70. The minimum Gasteiger partial charge on any atom is -0.480 e. The molecular formula is C13H18N2O4S2. The minimum absolute atomic E-state index is 0.117. The van der Waals surface area contributed by atoms with Crippen molar-refractivity contribution in [3.05, 3.63) is 16.1 Å².